The van der Waals surface area contributed by atoms with Crippen LogP contribution < -0.4 is 5.32 Å². The van der Waals surface area contributed by atoms with Crippen molar-refractivity contribution in [3.63, 3.8) is 0 Å². The number of rotatable bonds is 8. The molecule has 6 nitrogen and oxygen atoms in total. The second-order valence-electron chi connectivity index (χ2n) is 8.11. The van der Waals surface area contributed by atoms with Gasteiger partial charge in [0.15, 0.2) is 0 Å². The molecule has 0 radical (unpaired) electrons. The molecule has 1 atom stereocenters. The van der Waals surface area contributed by atoms with Gasteiger partial charge in [0.05, 0.1) is 12.5 Å². The van der Waals surface area contributed by atoms with Gasteiger partial charge in [-0.25, -0.2) is 4.39 Å². The van der Waals surface area contributed by atoms with Gasteiger partial charge in [-0.05, 0) is 74.2 Å². The minimum Gasteiger partial charge on any atom is -0.356 e. The van der Waals surface area contributed by atoms with Crippen molar-refractivity contribution in [3.8, 4) is 11.4 Å². The third-order valence-electron chi connectivity index (χ3n) is 5.66. The minimum absolute atomic E-state index is 0.0479. The van der Waals surface area contributed by atoms with Crippen LogP contribution in [0.3, 0.4) is 0 Å². The lowest BCUT2D eigenvalue weighted by Gasteiger charge is -2.30. The molecule has 1 aromatic heterocycles. The third kappa shape index (κ3) is 6.14. The molecular formula is C24H26ClFN4O2. The summed E-state index contributed by atoms with van der Waals surface area (Å²) in [6, 6.07) is 13.8. The van der Waals surface area contributed by atoms with E-state index < -0.39 is 0 Å². The maximum atomic E-state index is 13.0. The van der Waals surface area contributed by atoms with E-state index in [9.17, 15) is 9.18 Å². The van der Waals surface area contributed by atoms with E-state index in [-0.39, 0.29) is 17.6 Å². The van der Waals surface area contributed by atoms with Crippen LogP contribution >= 0.6 is 11.6 Å². The Labute approximate surface area is 191 Å². The number of carbonyl (C=O) groups excluding carboxylic acids is 1. The predicted molar refractivity (Wildman–Crippen MR) is 120 cm³/mol. The summed E-state index contributed by atoms with van der Waals surface area (Å²) in [5.41, 5.74) is 1.92. The van der Waals surface area contributed by atoms with Crippen molar-refractivity contribution in [2.24, 2.45) is 5.92 Å². The monoisotopic (exact) mass is 456 g/mol. The average Bonchev–Trinajstić information content (AvgIpc) is 3.27. The van der Waals surface area contributed by atoms with Crippen LogP contribution in [0.1, 0.15) is 30.7 Å². The van der Waals surface area contributed by atoms with Crippen LogP contribution in [0.15, 0.2) is 53.1 Å². The van der Waals surface area contributed by atoms with Crippen LogP contribution in [-0.4, -0.2) is 40.6 Å². The molecule has 4 rings (SSSR count). The highest BCUT2D eigenvalue weighted by Crippen LogP contribution is 2.21. The predicted octanol–water partition coefficient (Wildman–Crippen LogP) is 4.49. The largest absolute Gasteiger partial charge is 0.356 e. The summed E-state index contributed by atoms with van der Waals surface area (Å²) >= 11 is 5.93. The molecule has 168 valence electrons. The average molecular weight is 457 g/mol. The topological polar surface area (TPSA) is 71.3 Å². The van der Waals surface area contributed by atoms with E-state index in [0.29, 0.717) is 36.4 Å². The molecular weight excluding hydrogens is 431 g/mol. The molecule has 3 aromatic rings. The lowest BCUT2D eigenvalue weighted by molar-refractivity contribution is -0.126. The fraction of sp³-hybridized carbons (Fsp3) is 0.375. The third-order valence-corrected chi connectivity index (χ3v) is 5.91. The Balaban J connectivity index is 1.23. The van der Waals surface area contributed by atoms with Crippen molar-refractivity contribution in [2.45, 2.75) is 32.2 Å². The van der Waals surface area contributed by atoms with Gasteiger partial charge in [0, 0.05) is 23.7 Å². The molecule has 1 fully saturated rings. The molecule has 2 aromatic carbocycles. The molecule has 0 aliphatic carbocycles. The van der Waals surface area contributed by atoms with Gasteiger partial charge in [0.2, 0.25) is 17.6 Å². The highest BCUT2D eigenvalue weighted by atomic mass is 35.5. The Morgan fingerprint density at radius 2 is 1.97 bits per heavy atom. The number of hydrogen-bond acceptors (Lipinski definition) is 5. The highest BCUT2D eigenvalue weighted by Gasteiger charge is 2.26. The number of aromatic nitrogens is 2. The normalized spacial score (nSPS) is 16.8. The maximum Gasteiger partial charge on any atom is 0.241 e. The van der Waals surface area contributed by atoms with Gasteiger partial charge in [-0.2, -0.15) is 4.98 Å². The first-order chi connectivity index (χ1) is 15.6. The Kier molecular flexibility index (Phi) is 7.50. The fourth-order valence-corrected chi connectivity index (χ4v) is 4.07. The summed E-state index contributed by atoms with van der Waals surface area (Å²) < 4.78 is 18.4. The molecule has 1 unspecified atom stereocenters. The summed E-state index contributed by atoms with van der Waals surface area (Å²) in [5, 5.41) is 7.76. The number of halogens is 2. The van der Waals surface area contributed by atoms with E-state index in [1.807, 2.05) is 12.1 Å². The summed E-state index contributed by atoms with van der Waals surface area (Å²) in [6.07, 6.45) is 3.46. The molecule has 0 spiro atoms. The number of carbonyl (C=O) groups is 1. The highest BCUT2D eigenvalue weighted by molar-refractivity contribution is 6.30. The molecule has 1 amide bonds. The van der Waals surface area contributed by atoms with Crippen molar-refractivity contribution >= 4 is 17.5 Å². The van der Waals surface area contributed by atoms with Gasteiger partial charge < -0.3 is 9.84 Å². The van der Waals surface area contributed by atoms with Crippen molar-refractivity contribution < 1.29 is 13.7 Å². The molecule has 32 heavy (non-hydrogen) atoms. The van der Waals surface area contributed by atoms with Crippen LogP contribution in [0.25, 0.3) is 11.4 Å². The van der Waals surface area contributed by atoms with Crippen molar-refractivity contribution in [1.82, 2.24) is 20.4 Å². The number of nitrogens with one attached hydrogen (secondary N) is 1. The lowest BCUT2D eigenvalue weighted by Crippen LogP contribution is -2.43. The number of nitrogens with zero attached hydrogens (tertiary/aromatic N) is 3. The van der Waals surface area contributed by atoms with E-state index >= 15 is 0 Å². The first kappa shape index (κ1) is 22.4. The molecule has 0 bridgehead atoms. The summed E-state index contributed by atoms with van der Waals surface area (Å²) in [4.78, 5) is 19.3. The number of amides is 1. The number of hydrogen-bond donors (Lipinski definition) is 1. The van der Waals surface area contributed by atoms with Crippen molar-refractivity contribution in [1.29, 1.82) is 0 Å². The van der Waals surface area contributed by atoms with Crippen molar-refractivity contribution in [3.05, 3.63) is 70.8 Å². The van der Waals surface area contributed by atoms with Gasteiger partial charge in [-0.15, -0.1) is 0 Å². The molecule has 1 aliphatic rings. The zero-order chi connectivity index (χ0) is 22.3. The van der Waals surface area contributed by atoms with Crippen LogP contribution in [0, 0.1) is 11.7 Å². The van der Waals surface area contributed by atoms with E-state index in [4.69, 9.17) is 16.1 Å². The van der Waals surface area contributed by atoms with Crippen molar-refractivity contribution in [2.75, 3.05) is 19.6 Å². The Morgan fingerprint density at radius 3 is 2.75 bits per heavy atom. The molecule has 1 saturated heterocycles. The summed E-state index contributed by atoms with van der Waals surface area (Å²) in [5.74, 6) is 0.875. The second kappa shape index (κ2) is 10.7. The Hall–Kier alpha value is -2.77. The van der Waals surface area contributed by atoms with Gasteiger partial charge in [0.1, 0.15) is 5.82 Å². The Morgan fingerprint density at radius 1 is 1.19 bits per heavy atom. The zero-order valence-corrected chi connectivity index (χ0v) is 18.5. The van der Waals surface area contributed by atoms with Crippen LogP contribution in [-0.2, 0) is 17.8 Å². The van der Waals surface area contributed by atoms with Gasteiger partial charge >= 0.3 is 0 Å². The second-order valence-corrected chi connectivity index (χ2v) is 8.55. The SMILES string of the molecule is O=C(NCCCc1ccc(F)cc1)C1CCCN(Cc2nc(-c3ccc(Cl)cc3)no2)C1. The molecule has 1 aliphatic heterocycles. The van der Waals surface area contributed by atoms with Crippen LogP contribution in [0.2, 0.25) is 5.02 Å². The summed E-state index contributed by atoms with van der Waals surface area (Å²) in [7, 11) is 0. The standard InChI is InChI=1S/C24H26ClFN4O2/c25-20-9-7-18(8-10-20)23-28-22(32-29-23)16-30-14-2-4-19(15-30)24(31)27-13-1-3-17-5-11-21(26)12-6-17/h5-12,19H,1-4,13-16H2,(H,27,31). The van der Waals surface area contributed by atoms with E-state index in [2.05, 4.69) is 20.4 Å². The number of aryl methyl sites for hydroxylation is 1. The van der Waals surface area contributed by atoms with Crippen LogP contribution in [0.4, 0.5) is 4.39 Å². The van der Waals surface area contributed by atoms with Gasteiger partial charge in [-0.3, -0.25) is 9.69 Å². The van der Waals surface area contributed by atoms with E-state index in [1.165, 1.54) is 12.1 Å². The molecule has 8 heteroatoms. The quantitative estimate of drug-likeness (QED) is 0.506. The minimum atomic E-state index is -0.231. The number of piperidine rings is 1. The smallest absolute Gasteiger partial charge is 0.241 e. The van der Waals surface area contributed by atoms with E-state index in [1.54, 1.807) is 24.3 Å². The zero-order valence-electron chi connectivity index (χ0n) is 17.8. The van der Waals surface area contributed by atoms with E-state index in [0.717, 1.165) is 43.4 Å². The summed E-state index contributed by atoms with van der Waals surface area (Å²) in [6.45, 7) is 2.70. The fourth-order valence-electron chi connectivity index (χ4n) is 3.94. The molecule has 0 saturated carbocycles. The van der Waals surface area contributed by atoms with Gasteiger partial charge in [-0.1, -0.05) is 28.9 Å². The molecule has 2 heterocycles. The number of likely N-dealkylation sites (tertiary alicyclic amines) is 1. The number of benzene rings is 2. The lowest BCUT2D eigenvalue weighted by atomic mass is 9.97. The molecule has 1 N–H and O–H groups in total. The first-order valence-corrected chi connectivity index (χ1v) is 11.3. The maximum absolute atomic E-state index is 13.0. The van der Waals surface area contributed by atoms with Crippen LogP contribution in [0.5, 0.6) is 0 Å². The van der Waals surface area contributed by atoms with Gasteiger partial charge in [0.25, 0.3) is 0 Å². The Bertz CT molecular complexity index is 1020. The first-order valence-electron chi connectivity index (χ1n) is 10.9.